The molecule has 0 bridgehead atoms. The van der Waals surface area contributed by atoms with Crippen molar-refractivity contribution in [1.29, 1.82) is 0 Å². The lowest BCUT2D eigenvalue weighted by Crippen LogP contribution is -2.31. The summed E-state index contributed by atoms with van der Waals surface area (Å²) in [5.41, 5.74) is 6.56. The van der Waals surface area contributed by atoms with Gasteiger partial charge in [0, 0.05) is 35.1 Å². The first-order chi connectivity index (χ1) is 16.4. The van der Waals surface area contributed by atoms with Gasteiger partial charge in [-0.15, -0.1) is 0 Å². The summed E-state index contributed by atoms with van der Waals surface area (Å²) in [4.78, 5) is 27.8. The monoisotopic (exact) mass is 456 g/mol. The molecule has 0 amide bonds. The Labute approximate surface area is 199 Å². The van der Waals surface area contributed by atoms with E-state index in [0.717, 1.165) is 60.6 Å². The maximum Gasteiger partial charge on any atom is 0.176 e. The fourth-order valence-corrected chi connectivity index (χ4v) is 5.17. The number of ketones is 1. The van der Waals surface area contributed by atoms with Gasteiger partial charge in [-0.1, -0.05) is 19.9 Å². The molecule has 0 radical (unpaired) electrons. The van der Waals surface area contributed by atoms with Crippen LogP contribution in [0.4, 0.5) is 5.82 Å². The van der Waals surface area contributed by atoms with Crippen molar-refractivity contribution in [2.75, 3.05) is 24.7 Å². The van der Waals surface area contributed by atoms with Gasteiger partial charge in [0.05, 0.1) is 18.7 Å². The minimum Gasteiger partial charge on any atom is -0.491 e. The normalized spacial score (nSPS) is 18.6. The highest BCUT2D eigenvalue weighted by atomic mass is 16.5. The van der Waals surface area contributed by atoms with Crippen LogP contribution in [0.5, 0.6) is 11.5 Å². The maximum atomic E-state index is 11.7. The molecule has 174 valence electrons. The Morgan fingerprint density at radius 3 is 2.82 bits per heavy atom. The topological polar surface area (TPSA) is 77.4 Å². The predicted octanol–water partition coefficient (Wildman–Crippen LogP) is 3.96. The quantitative estimate of drug-likeness (QED) is 0.578. The highest BCUT2D eigenvalue weighted by Crippen LogP contribution is 2.39. The van der Waals surface area contributed by atoms with Gasteiger partial charge in [0.15, 0.2) is 5.78 Å². The molecule has 6 rings (SSSR count). The van der Waals surface area contributed by atoms with Crippen LogP contribution in [0.3, 0.4) is 0 Å². The SMILES string of the molecule is CC1(C)CCc2ncnc(N3CCOc4ccc(-c5cnc6c(c5)OCC(=O)C6)cc4C3)c2C1. The molecule has 0 saturated carbocycles. The van der Waals surface area contributed by atoms with Gasteiger partial charge in [-0.2, -0.15) is 0 Å². The number of aryl methyl sites for hydroxylation is 1. The van der Waals surface area contributed by atoms with Gasteiger partial charge in [0.25, 0.3) is 0 Å². The van der Waals surface area contributed by atoms with Crippen LogP contribution >= 0.6 is 0 Å². The van der Waals surface area contributed by atoms with E-state index in [9.17, 15) is 4.79 Å². The molecular formula is C27H28N4O3. The van der Waals surface area contributed by atoms with Gasteiger partial charge >= 0.3 is 0 Å². The summed E-state index contributed by atoms with van der Waals surface area (Å²) in [6.45, 7) is 6.87. The minimum absolute atomic E-state index is 0.0605. The Kier molecular flexibility index (Phi) is 5.01. The molecule has 1 aliphatic carbocycles. The van der Waals surface area contributed by atoms with E-state index in [1.54, 1.807) is 6.33 Å². The number of anilines is 1. The molecule has 0 saturated heterocycles. The standard InChI is InChI=1S/C27H28N4O3/c1-27(2)6-5-22-21(12-27)26(30-16-29-22)31-7-8-33-24-4-3-17(9-19(24)14-31)18-10-25-23(28-13-18)11-20(32)15-34-25/h3-4,9-10,13,16H,5-8,11-12,14-15H2,1-2H3. The smallest absolute Gasteiger partial charge is 0.176 e. The maximum absolute atomic E-state index is 11.7. The van der Waals surface area contributed by atoms with Crippen LogP contribution in [0.15, 0.2) is 36.8 Å². The second-order valence-corrected chi connectivity index (χ2v) is 10.2. The van der Waals surface area contributed by atoms with E-state index in [2.05, 4.69) is 40.8 Å². The third kappa shape index (κ3) is 3.89. The fourth-order valence-electron chi connectivity index (χ4n) is 5.17. The second-order valence-electron chi connectivity index (χ2n) is 10.2. The van der Waals surface area contributed by atoms with Gasteiger partial charge in [-0.05, 0) is 48.4 Å². The lowest BCUT2D eigenvalue weighted by Gasteiger charge is -2.33. The van der Waals surface area contributed by atoms with Crippen molar-refractivity contribution in [3.05, 3.63) is 59.3 Å². The van der Waals surface area contributed by atoms with Gasteiger partial charge in [0.1, 0.15) is 36.9 Å². The summed E-state index contributed by atoms with van der Waals surface area (Å²) < 4.78 is 11.7. The number of carbonyl (C=O) groups excluding carboxylic acids is 1. The summed E-state index contributed by atoms with van der Waals surface area (Å²) in [6, 6.07) is 8.24. The molecule has 7 heteroatoms. The summed E-state index contributed by atoms with van der Waals surface area (Å²) >= 11 is 0. The lowest BCUT2D eigenvalue weighted by atomic mass is 9.76. The summed E-state index contributed by atoms with van der Waals surface area (Å²) in [5, 5.41) is 0. The van der Waals surface area contributed by atoms with E-state index in [0.29, 0.717) is 24.5 Å². The van der Waals surface area contributed by atoms with Crippen LogP contribution in [0.1, 0.15) is 42.8 Å². The summed E-state index contributed by atoms with van der Waals surface area (Å²) in [5.74, 6) is 2.70. The first-order valence-corrected chi connectivity index (χ1v) is 11.9. The molecule has 2 aliphatic heterocycles. The molecule has 0 atom stereocenters. The molecule has 4 heterocycles. The zero-order valence-corrected chi connectivity index (χ0v) is 19.6. The average Bonchev–Trinajstić information content (AvgIpc) is 3.04. The number of carbonyl (C=O) groups is 1. The summed E-state index contributed by atoms with van der Waals surface area (Å²) in [7, 11) is 0. The number of Topliss-reactive ketones (excluding diaryl/α,β-unsaturated/α-hetero) is 1. The fraction of sp³-hybridized carbons (Fsp3) is 0.407. The van der Waals surface area contributed by atoms with E-state index in [-0.39, 0.29) is 17.8 Å². The molecule has 7 nitrogen and oxygen atoms in total. The van der Waals surface area contributed by atoms with Crippen molar-refractivity contribution in [3.63, 3.8) is 0 Å². The third-order valence-corrected chi connectivity index (χ3v) is 7.06. The molecule has 0 N–H and O–H groups in total. The highest BCUT2D eigenvalue weighted by Gasteiger charge is 2.30. The largest absolute Gasteiger partial charge is 0.491 e. The average molecular weight is 457 g/mol. The Hall–Kier alpha value is -3.48. The Morgan fingerprint density at radius 1 is 1.00 bits per heavy atom. The van der Waals surface area contributed by atoms with E-state index >= 15 is 0 Å². The van der Waals surface area contributed by atoms with Crippen molar-refractivity contribution < 1.29 is 14.3 Å². The van der Waals surface area contributed by atoms with Crippen molar-refractivity contribution in [1.82, 2.24) is 15.0 Å². The molecule has 3 aromatic rings. The van der Waals surface area contributed by atoms with Crippen molar-refractivity contribution in [2.24, 2.45) is 5.41 Å². The first-order valence-electron chi connectivity index (χ1n) is 11.9. The molecule has 0 spiro atoms. The van der Waals surface area contributed by atoms with Crippen LogP contribution < -0.4 is 14.4 Å². The first kappa shape index (κ1) is 21.1. The van der Waals surface area contributed by atoms with Crippen molar-refractivity contribution >= 4 is 11.6 Å². The Bertz CT molecular complexity index is 1290. The number of aromatic nitrogens is 3. The molecule has 34 heavy (non-hydrogen) atoms. The Morgan fingerprint density at radius 2 is 1.91 bits per heavy atom. The third-order valence-electron chi connectivity index (χ3n) is 7.06. The number of rotatable bonds is 2. The Balaban J connectivity index is 1.33. The molecule has 3 aliphatic rings. The number of pyridine rings is 1. The van der Waals surface area contributed by atoms with Crippen LogP contribution in [0.2, 0.25) is 0 Å². The van der Waals surface area contributed by atoms with E-state index < -0.39 is 0 Å². The highest BCUT2D eigenvalue weighted by molar-refractivity contribution is 5.84. The van der Waals surface area contributed by atoms with Crippen molar-refractivity contribution in [2.45, 2.75) is 46.1 Å². The van der Waals surface area contributed by atoms with Crippen LogP contribution in [-0.4, -0.2) is 40.5 Å². The zero-order valence-electron chi connectivity index (χ0n) is 19.6. The van der Waals surface area contributed by atoms with E-state index in [4.69, 9.17) is 14.5 Å². The van der Waals surface area contributed by atoms with Crippen molar-refractivity contribution in [3.8, 4) is 22.6 Å². The van der Waals surface area contributed by atoms with Gasteiger partial charge in [-0.3, -0.25) is 9.78 Å². The molecule has 2 aromatic heterocycles. The number of benzene rings is 1. The van der Waals surface area contributed by atoms with Gasteiger partial charge in [-0.25, -0.2) is 9.97 Å². The number of ether oxygens (including phenoxy) is 2. The lowest BCUT2D eigenvalue weighted by molar-refractivity contribution is -0.121. The van der Waals surface area contributed by atoms with E-state index in [1.165, 1.54) is 11.3 Å². The number of hydrogen-bond acceptors (Lipinski definition) is 7. The van der Waals surface area contributed by atoms with Gasteiger partial charge < -0.3 is 14.4 Å². The molecular weight excluding hydrogens is 428 g/mol. The second kappa shape index (κ2) is 8.08. The molecule has 1 aromatic carbocycles. The van der Waals surface area contributed by atoms with Gasteiger partial charge in [0.2, 0.25) is 0 Å². The van der Waals surface area contributed by atoms with E-state index in [1.807, 2.05) is 18.3 Å². The number of hydrogen-bond donors (Lipinski definition) is 0. The number of nitrogens with zero attached hydrogens (tertiary/aromatic N) is 4. The zero-order chi connectivity index (χ0) is 23.3. The molecule has 0 fully saturated rings. The number of fused-ring (bicyclic) bond motifs is 3. The molecule has 0 unspecified atom stereocenters. The minimum atomic E-state index is 0.0605. The predicted molar refractivity (Wildman–Crippen MR) is 128 cm³/mol. The van der Waals surface area contributed by atoms with Crippen LogP contribution in [-0.2, 0) is 30.6 Å². The van der Waals surface area contributed by atoms with Crippen LogP contribution in [0, 0.1) is 5.41 Å². The summed E-state index contributed by atoms with van der Waals surface area (Å²) in [6.07, 6.45) is 7.01. The van der Waals surface area contributed by atoms with Crippen LogP contribution in [0.25, 0.3) is 11.1 Å².